The maximum absolute atomic E-state index is 12.4. The van der Waals surface area contributed by atoms with E-state index in [0.29, 0.717) is 18.2 Å². The molecule has 2 aromatic rings. The quantitative estimate of drug-likeness (QED) is 0.842. The second-order valence-corrected chi connectivity index (χ2v) is 5.89. The summed E-state index contributed by atoms with van der Waals surface area (Å²) in [5.41, 5.74) is 1.16. The summed E-state index contributed by atoms with van der Waals surface area (Å²) in [6, 6.07) is 11.2. The summed E-state index contributed by atoms with van der Waals surface area (Å²) < 4.78 is 11.4. The van der Waals surface area contributed by atoms with Crippen molar-refractivity contribution in [2.75, 3.05) is 19.7 Å². The van der Waals surface area contributed by atoms with Crippen molar-refractivity contribution in [2.24, 2.45) is 0 Å². The van der Waals surface area contributed by atoms with Gasteiger partial charge in [0.05, 0.1) is 6.54 Å². The standard InChI is InChI=1S/C18H21N3O3/c1-14-6-8-15(9-7-14)23-13-18(22)21-11-3-4-16(12-21)24-17-5-2-10-19-20-17/h2,5-10,16H,3-4,11-13H2,1H3. The number of carbonyl (C=O) groups is 1. The first-order chi connectivity index (χ1) is 11.7. The van der Waals surface area contributed by atoms with Crippen molar-refractivity contribution >= 4 is 5.91 Å². The van der Waals surface area contributed by atoms with Crippen molar-refractivity contribution in [3.8, 4) is 11.6 Å². The Morgan fingerprint density at radius 2 is 2.12 bits per heavy atom. The van der Waals surface area contributed by atoms with E-state index < -0.39 is 0 Å². The number of aromatic nitrogens is 2. The Kier molecular flexibility index (Phi) is 5.25. The summed E-state index contributed by atoms with van der Waals surface area (Å²) in [7, 11) is 0. The van der Waals surface area contributed by atoms with Crippen LogP contribution >= 0.6 is 0 Å². The van der Waals surface area contributed by atoms with Crippen LogP contribution in [0, 0.1) is 6.92 Å². The third-order valence-electron chi connectivity index (χ3n) is 3.95. The lowest BCUT2D eigenvalue weighted by atomic mass is 10.1. The highest BCUT2D eigenvalue weighted by Crippen LogP contribution is 2.17. The fraction of sp³-hybridized carbons (Fsp3) is 0.389. The molecule has 1 fully saturated rings. The monoisotopic (exact) mass is 327 g/mol. The third-order valence-corrected chi connectivity index (χ3v) is 3.95. The fourth-order valence-corrected chi connectivity index (χ4v) is 2.65. The SMILES string of the molecule is Cc1ccc(OCC(=O)N2CCCC(Oc3cccnn3)C2)cc1. The molecule has 126 valence electrons. The van der Waals surface area contributed by atoms with Crippen molar-refractivity contribution in [2.45, 2.75) is 25.9 Å². The van der Waals surface area contributed by atoms with E-state index in [1.807, 2.05) is 31.2 Å². The lowest BCUT2D eigenvalue weighted by Gasteiger charge is -2.32. The highest BCUT2D eigenvalue weighted by molar-refractivity contribution is 5.77. The summed E-state index contributed by atoms with van der Waals surface area (Å²) in [4.78, 5) is 14.1. The number of rotatable bonds is 5. The van der Waals surface area contributed by atoms with Crippen molar-refractivity contribution in [1.29, 1.82) is 0 Å². The van der Waals surface area contributed by atoms with Crippen LogP contribution in [0.4, 0.5) is 0 Å². The van der Waals surface area contributed by atoms with E-state index in [9.17, 15) is 4.79 Å². The molecule has 0 N–H and O–H groups in total. The molecule has 6 heteroatoms. The van der Waals surface area contributed by atoms with Gasteiger partial charge >= 0.3 is 0 Å². The molecule has 0 bridgehead atoms. The number of amides is 1. The first kappa shape index (κ1) is 16.2. The molecule has 0 saturated carbocycles. The molecule has 24 heavy (non-hydrogen) atoms. The molecule has 0 aliphatic carbocycles. The number of hydrogen-bond acceptors (Lipinski definition) is 5. The van der Waals surface area contributed by atoms with Crippen molar-refractivity contribution in [3.63, 3.8) is 0 Å². The Hall–Kier alpha value is -2.63. The van der Waals surface area contributed by atoms with Gasteiger partial charge in [0.2, 0.25) is 5.88 Å². The van der Waals surface area contributed by atoms with Crippen LogP contribution in [-0.2, 0) is 4.79 Å². The summed E-state index contributed by atoms with van der Waals surface area (Å²) in [5.74, 6) is 1.18. The van der Waals surface area contributed by atoms with Crippen LogP contribution in [0.5, 0.6) is 11.6 Å². The average molecular weight is 327 g/mol. The van der Waals surface area contributed by atoms with E-state index in [2.05, 4.69) is 10.2 Å². The minimum Gasteiger partial charge on any atom is -0.484 e. The van der Waals surface area contributed by atoms with Crippen LogP contribution in [0.25, 0.3) is 0 Å². The van der Waals surface area contributed by atoms with E-state index in [-0.39, 0.29) is 18.6 Å². The van der Waals surface area contributed by atoms with Gasteiger partial charge in [-0.05, 0) is 38.0 Å². The van der Waals surface area contributed by atoms with Gasteiger partial charge in [0.25, 0.3) is 5.91 Å². The highest BCUT2D eigenvalue weighted by Gasteiger charge is 2.25. The summed E-state index contributed by atoms with van der Waals surface area (Å²) in [6.07, 6.45) is 3.35. The Balaban J connectivity index is 1.50. The number of nitrogens with zero attached hydrogens (tertiary/aromatic N) is 3. The van der Waals surface area contributed by atoms with Gasteiger partial charge in [-0.2, -0.15) is 5.10 Å². The molecular formula is C18H21N3O3. The molecule has 0 radical (unpaired) electrons. The van der Waals surface area contributed by atoms with Gasteiger partial charge in [0.15, 0.2) is 6.61 Å². The summed E-state index contributed by atoms with van der Waals surface area (Å²) in [6.45, 7) is 3.34. The fourth-order valence-electron chi connectivity index (χ4n) is 2.65. The zero-order valence-corrected chi connectivity index (χ0v) is 13.7. The van der Waals surface area contributed by atoms with Crippen LogP contribution < -0.4 is 9.47 Å². The molecule has 0 spiro atoms. The van der Waals surface area contributed by atoms with Gasteiger partial charge in [-0.3, -0.25) is 4.79 Å². The second kappa shape index (κ2) is 7.77. The minimum absolute atomic E-state index is 0.0250. The lowest BCUT2D eigenvalue weighted by molar-refractivity contribution is -0.136. The molecule has 1 aliphatic rings. The molecule has 1 unspecified atom stereocenters. The third kappa shape index (κ3) is 4.44. The molecule has 1 aliphatic heterocycles. The number of piperidine rings is 1. The number of likely N-dealkylation sites (tertiary alicyclic amines) is 1. The average Bonchev–Trinajstić information content (AvgIpc) is 2.62. The number of ether oxygens (including phenoxy) is 2. The normalized spacial score (nSPS) is 17.4. The maximum Gasteiger partial charge on any atom is 0.260 e. The number of hydrogen-bond donors (Lipinski definition) is 0. The van der Waals surface area contributed by atoms with Crippen LogP contribution in [0.2, 0.25) is 0 Å². The Morgan fingerprint density at radius 3 is 2.88 bits per heavy atom. The molecule has 1 aromatic heterocycles. The predicted octanol–water partition coefficient (Wildman–Crippen LogP) is 2.23. The van der Waals surface area contributed by atoms with E-state index in [1.165, 1.54) is 0 Å². The largest absolute Gasteiger partial charge is 0.484 e. The molecular weight excluding hydrogens is 306 g/mol. The second-order valence-electron chi connectivity index (χ2n) is 5.89. The Bertz CT molecular complexity index is 661. The summed E-state index contributed by atoms with van der Waals surface area (Å²) in [5, 5.41) is 7.72. The molecule has 6 nitrogen and oxygen atoms in total. The van der Waals surface area contributed by atoms with Crippen LogP contribution in [-0.4, -0.2) is 46.8 Å². The van der Waals surface area contributed by atoms with Crippen molar-refractivity contribution in [3.05, 3.63) is 48.2 Å². The molecule has 1 aromatic carbocycles. The van der Waals surface area contributed by atoms with Gasteiger partial charge in [-0.25, -0.2) is 0 Å². The highest BCUT2D eigenvalue weighted by atomic mass is 16.5. The number of aryl methyl sites for hydroxylation is 1. The molecule has 1 amide bonds. The smallest absolute Gasteiger partial charge is 0.260 e. The van der Waals surface area contributed by atoms with Gasteiger partial charge in [-0.15, -0.1) is 5.10 Å². The Labute approximate surface area is 141 Å². The number of benzene rings is 1. The first-order valence-corrected chi connectivity index (χ1v) is 8.12. The zero-order chi connectivity index (χ0) is 16.8. The van der Waals surface area contributed by atoms with Crippen molar-refractivity contribution < 1.29 is 14.3 Å². The van der Waals surface area contributed by atoms with E-state index >= 15 is 0 Å². The van der Waals surface area contributed by atoms with Crippen LogP contribution in [0.1, 0.15) is 18.4 Å². The van der Waals surface area contributed by atoms with Crippen molar-refractivity contribution in [1.82, 2.24) is 15.1 Å². The Morgan fingerprint density at radius 1 is 1.29 bits per heavy atom. The molecule has 3 rings (SSSR count). The topological polar surface area (TPSA) is 64.5 Å². The number of carbonyl (C=O) groups excluding carboxylic acids is 1. The van der Waals surface area contributed by atoms with Crippen LogP contribution in [0.3, 0.4) is 0 Å². The first-order valence-electron chi connectivity index (χ1n) is 8.12. The summed E-state index contributed by atoms with van der Waals surface area (Å²) >= 11 is 0. The van der Waals surface area contributed by atoms with E-state index in [0.717, 1.165) is 24.9 Å². The maximum atomic E-state index is 12.4. The lowest BCUT2D eigenvalue weighted by Crippen LogP contribution is -2.46. The zero-order valence-electron chi connectivity index (χ0n) is 13.7. The molecule has 1 atom stereocenters. The van der Waals surface area contributed by atoms with Gasteiger partial charge in [0.1, 0.15) is 11.9 Å². The van der Waals surface area contributed by atoms with Crippen LogP contribution in [0.15, 0.2) is 42.6 Å². The molecule has 2 heterocycles. The van der Waals surface area contributed by atoms with Gasteiger partial charge in [-0.1, -0.05) is 17.7 Å². The van der Waals surface area contributed by atoms with E-state index in [1.54, 1.807) is 23.2 Å². The van der Waals surface area contributed by atoms with Gasteiger partial charge < -0.3 is 14.4 Å². The van der Waals surface area contributed by atoms with E-state index in [4.69, 9.17) is 9.47 Å². The minimum atomic E-state index is -0.0567. The molecule has 1 saturated heterocycles. The predicted molar refractivity (Wildman–Crippen MR) is 88.9 cm³/mol. The van der Waals surface area contributed by atoms with Gasteiger partial charge in [0, 0.05) is 18.8 Å².